The average Bonchev–Trinajstić information content (AvgIpc) is 2.37. The average molecular weight is 288 g/mol. The Balaban J connectivity index is 1.90. The van der Waals surface area contributed by atoms with Crippen molar-refractivity contribution in [1.29, 1.82) is 0 Å². The number of hydrogen-bond donors (Lipinski definition) is 2. The van der Waals surface area contributed by atoms with E-state index in [-0.39, 0.29) is 17.7 Å². The van der Waals surface area contributed by atoms with Gasteiger partial charge in [0.2, 0.25) is 10.0 Å². The zero-order valence-corrected chi connectivity index (χ0v) is 12.3. The molecule has 2 rings (SSSR count). The molecule has 1 aliphatic heterocycles. The molecule has 1 aliphatic carbocycles. The fourth-order valence-corrected chi connectivity index (χ4v) is 4.33. The van der Waals surface area contributed by atoms with Gasteiger partial charge in [0, 0.05) is 6.04 Å². The highest BCUT2D eigenvalue weighted by Crippen LogP contribution is 2.32. The van der Waals surface area contributed by atoms with E-state index < -0.39 is 10.0 Å². The molecule has 1 amide bonds. The minimum atomic E-state index is -3.45. The monoisotopic (exact) mass is 288 g/mol. The van der Waals surface area contributed by atoms with Gasteiger partial charge in [0.15, 0.2) is 0 Å². The van der Waals surface area contributed by atoms with Crippen molar-refractivity contribution in [3.8, 4) is 0 Å². The van der Waals surface area contributed by atoms with Crippen LogP contribution in [0.2, 0.25) is 0 Å². The minimum absolute atomic E-state index is 0.0114. The topological polar surface area (TPSA) is 75.3 Å². The van der Waals surface area contributed by atoms with Crippen molar-refractivity contribution in [2.24, 2.45) is 5.92 Å². The van der Waals surface area contributed by atoms with Crippen molar-refractivity contribution < 1.29 is 13.2 Å². The Hall–Kier alpha value is -0.620. The number of carbonyl (C=O) groups is 1. The maximum absolute atomic E-state index is 12.0. The van der Waals surface area contributed by atoms with Crippen LogP contribution in [-0.4, -0.2) is 32.2 Å². The van der Waals surface area contributed by atoms with Crippen molar-refractivity contribution in [1.82, 2.24) is 10.0 Å². The molecular formula is C13H24N2O3S. The lowest BCUT2D eigenvalue weighted by Gasteiger charge is -2.39. The Morgan fingerprint density at radius 1 is 1.21 bits per heavy atom. The molecule has 2 aliphatic rings. The van der Waals surface area contributed by atoms with Crippen molar-refractivity contribution in [3.63, 3.8) is 0 Å². The lowest BCUT2D eigenvalue weighted by atomic mass is 9.78. The second-order valence-corrected chi connectivity index (χ2v) is 7.57. The zero-order chi connectivity index (χ0) is 13.9. The van der Waals surface area contributed by atoms with E-state index in [1.165, 1.54) is 19.3 Å². The summed E-state index contributed by atoms with van der Waals surface area (Å²) >= 11 is 0. The van der Waals surface area contributed by atoms with Gasteiger partial charge in [-0.15, -0.1) is 0 Å². The van der Waals surface area contributed by atoms with Crippen LogP contribution in [0.5, 0.6) is 0 Å². The van der Waals surface area contributed by atoms with Crippen LogP contribution in [0.4, 0.5) is 0 Å². The SMILES string of the molecule is CCCS(=O)(=O)NC(=O)C1CCC2CCCCC2N1. The molecule has 0 spiro atoms. The highest BCUT2D eigenvalue weighted by atomic mass is 32.2. The van der Waals surface area contributed by atoms with Crippen molar-refractivity contribution >= 4 is 15.9 Å². The van der Waals surface area contributed by atoms with Gasteiger partial charge in [0.1, 0.15) is 0 Å². The number of hydrogen-bond acceptors (Lipinski definition) is 4. The molecule has 0 bridgehead atoms. The Bertz CT molecular complexity index is 422. The number of amides is 1. The first-order valence-corrected chi connectivity index (χ1v) is 8.97. The summed E-state index contributed by atoms with van der Waals surface area (Å²) in [5, 5.41) is 3.34. The molecule has 0 radical (unpaired) electrons. The van der Waals surface area contributed by atoms with Crippen LogP contribution >= 0.6 is 0 Å². The molecule has 1 heterocycles. The summed E-state index contributed by atoms with van der Waals surface area (Å²) in [4.78, 5) is 12.0. The maximum atomic E-state index is 12.0. The molecule has 2 fully saturated rings. The largest absolute Gasteiger partial charge is 0.303 e. The third kappa shape index (κ3) is 3.92. The van der Waals surface area contributed by atoms with Crippen molar-refractivity contribution in [2.45, 2.75) is 64.0 Å². The molecule has 6 heteroatoms. The van der Waals surface area contributed by atoms with E-state index in [2.05, 4.69) is 10.0 Å². The third-order valence-electron chi connectivity index (χ3n) is 4.20. The van der Waals surface area contributed by atoms with Crippen LogP contribution in [0, 0.1) is 5.92 Å². The molecule has 3 atom stereocenters. The first-order chi connectivity index (χ1) is 9.02. The van der Waals surface area contributed by atoms with Crippen LogP contribution < -0.4 is 10.0 Å². The lowest BCUT2D eigenvalue weighted by Crippen LogP contribution is -2.55. The second-order valence-electron chi connectivity index (χ2n) is 5.73. The fourth-order valence-electron chi connectivity index (χ4n) is 3.25. The molecule has 0 aromatic heterocycles. The van der Waals surface area contributed by atoms with Gasteiger partial charge >= 0.3 is 0 Å². The fraction of sp³-hybridized carbons (Fsp3) is 0.923. The molecule has 0 aromatic rings. The van der Waals surface area contributed by atoms with Gasteiger partial charge in [0.05, 0.1) is 11.8 Å². The molecular weight excluding hydrogens is 264 g/mol. The Morgan fingerprint density at radius 2 is 1.95 bits per heavy atom. The Morgan fingerprint density at radius 3 is 2.68 bits per heavy atom. The Labute approximate surface area is 115 Å². The summed E-state index contributed by atoms with van der Waals surface area (Å²) in [6, 6.07) is 0.0538. The number of sulfonamides is 1. The minimum Gasteiger partial charge on any atom is -0.303 e. The van der Waals surface area contributed by atoms with Crippen LogP contribution in [-0.2, 0) is 14.8 Å². The van der Waals surface area contributed by atoms with E-state index >= 15 is 0 Å². The van der Waals surface area contributed by atoms with Crippen LogP contribution in [0.15, 0.2) is 0 Å². The first kappa shape index (κ1) is 14.8. The van der Waals surface area contributed by atoms with E-state index in [1.807, 2.05) is 0 Å². The summed E-state index contributed by atoms with van der Waals surface area (Å²) in [6.07, 6.45) is 7.13. The van der Waals surface area contributed by atoms with Gasteiger partial charge < -0.3 is 5.32 Å². The molecule has 1 saturated heterocycles. The van der Waals surface area contributed by atoms with E-state index in [9.17, 15) is 13.2 Å². The highest BCUT2D eigenvalue weighted by Gasteiger charge is 2.35. The second kappa shape index (κ2) is 6.22. The number of fused-ring (bicyclic) bond motifs is 1. The summed E-state index contributed by atoms with van der Waals surface area (Å²) in [6.45, 7) is 1.79. The smallest absolute Gasteiger partial charge is 0.250 e. The Kier molecular flexibility index (Phi) is 4.84. The number of carbonyl (C=O) groups excluding carboxylic acids is 1. The molecule has 1 saturated carbocycles. The zero-order valence-electron chi connectivity index (χ0n) is 11.5. The van der Waals surface area contributed by atoms with E-state index in [0.717, 1.165) is 19.3 Å². The first-order valence-electron chi connectivity index (χ1n) is 7.32. The third-order valence-corrected chi connectivity index (χ3v) is 5.65. The summed E-state index contributed by atoms with van der Waals surface area (Å²) in [5.74, 6) is 0.305. The normalized spacial score (nSPS) is 31.5. The molecule has 0 aromatic carbocycles. The molecule has 3 unspecified atom stereocenters. The van der Waals surface area contributed by atoms with E-state index in [1.54, 1.807) is 6.92 Å². The number of rotatable bonds is 4. The number of nitrogens with one attached hydrogen (secondary N) is 2. The van der Waals surface area contributed by atoms with Gasteiger partial charge in [-0.05, 0) is 38.0 Å². The van der Waals surface area contributed by atoms with Crippen LogP contribution in [0.25, 0.3) is 0 Å². The van der Waals surface area contributed by atoms with Crippen molar-refractivity contribution in [3.05, 3.63) is 0 Å². The molecule has 110 valence electrons. The van der Waals surface area contributed by atoms with Gasteiger partial charge in [-0.25, -0.2) is 8.42 Å². The van der Waals surface area contributed by atoms with E-state index in [0.29, 0.717) is 18.4 Å². The predicted molar refractivity (Wildman–Crippen MR) is 74.1 cm³/mol. The predicted octanol–water partition coefficient (Wildman–Crippen LogP) is 1.15. The van der Waals surface area contributed by atoms with Gasteiger partial charge in [-0.1, -0.05) is 19.8 Å². The van der Waals surface area contributed by atoms with Gasteiger partial charge in [-0.3, -0.25) is 9.52 Å². The van der Waals surface area contributed by atoms with Crippen LogP contribution in [0.3, 0.4) is 0 Å². The van der Waals surface area contributed by atoms with E-state index in [4.69, 9.17) is 0 Å². The molecule has 19 heavy (non-hydrogen) atoms. The molecule has 2 N–H and O–H groups in total. The summed E-state index contributed by atoms with van der Waals surface area (Å²) < 4.78 is 25.4. The van der Waals surface area contributed by atoms with Gasteiger partial charge in [0.25, 0.3) is 5.91 Å². The van der Waals surface area contributed by atoms with Crippen molar-refractivity contribution in [2.75, 3.05) is 5.75 Å². The number of piperidine rings is 1. The quantitative estimate of drug-likeness (QED) is 0.814. The molecule has 5 nitrogen and oxygen atoms in total. The summed E-state index contributed by atoms with van der Waals surface area (Å²) in [5.41, 5.74) is 0. The standard InChI is InChI=1S/C13H24N2O3S/c1-2-9-19(17,18)15-13(16)12-8-7-10-5-3-4-6-11(10)14-12/h10-12,14H,2-9H2,1H3,(H,15,16). The van der Waals surface area contributed by atoms with Crippen LogP contribution in [0.1, 0.15) is 51.9 Å². The summed E-state index contributed by atoms with van der Waals surface area (Å²) in [7, 11) is -3.45. The highest BCUT2D eigenvalue weighted by molar-refractivity contribution is 7.90. The van der Waals surface area contributed by atoms with Gasteiger partial charge in [-0.2, -0.15) is 0 Å². The maximum Gasteiger partial charge on any atom is 0.250 e. The lowest BCUT2D eigenvalue weighted by molar-refractivity contribution is -0.122.